The van der Waals surface area contributed by atoms with Crippen molar-refractivity contribution in [2.24, 2.45) is 5.92 Å². The topological polar surface area (TPSA) is 54.0 Å². The minimum atomic E-state index is 0. The third kappa shape index (κ3) is 5.28. The maximum Gasteiger partial charge on any atom is 0.176 e. The molecule has 0 bridgehead atoms. The zero-order chi connectivity index (χ0) is 16.2. The van der Waals surface area contributed by atoms with Crippen molar-refractivity contribution in [1.82, 2.24) is 10.2 Å². The van der Waals surface area contributed by atoms with Gasteiger partial charge in [-0.05, 0) is 36.5 Å². The van der Waals surface area contributed by atoms with Gasteiger partial charge < -0.3 is 19.9 Å². The van der Waals surface area contributed by atoms with Crippen LogP contribution in [0.25, 0.3) is 0 Å². The van der Waals surface area contributed by atoms with E-state index in [1.54, 1.807) is 7.11 Å². The Bertz CT molecular complexity index is 518. The summed E-state index contributed by atoms with van der Waals surface area (Å²) in [4.78, 5) is 2.52. The van der Waals surface area contributed by atoms with Crippen molar-refractivity contribution in [3.63, 3.8) is 0 Å². The number of piperazine rings is 1. The molecule has 3 rings (SSSR count). The lowest BCUT2D eigenvalue weighted by molar-refractivity contribution is 0.0212. The van der Waals surface area contributed by atoms with Crippen LogP contribution >= 0.6 is 36.4 Å². The highest BCUT2D eigenvalue weighted by atomic mass is 35.5. The molecular weight excluding hydrogens is 387 g/mol. The van der Waals surface area contributed by atoms with Crippen LogP contribution in [0.1, 0.15) is 24.4 Å². The van der Waals surface area contributed by atoms with E-state index in [0.29, 0.717) is 16.7 Å². The van der Waals surface area contributed by atoms with E-state index in [4.69, 9.17) is 21.1 Å². The summed E-state index contributed by atoms with van der Waals surface area (Å²) in [5, 5.41) is 13.8. The molecule has 0 radical (unpaired) electrons. The molecule has 144 valence electrons. The molecule has 25 heavy (non-hydrogen) atoms. The molecule has 2 aliphatic heterocycles. The summed E-state index contributed by atoms with van der Waals surface area (Å²) in [6.07, 6.45) is 2.10. The first-order valence-corrected chi connectivity index (χ1v) is 8.67. The molecular formula is C17H27Cl3N2O3. The third-order valence-corrected chi connectivity index (χ3v) is 5.16. The molecule has 2 fully saturated rings. The number of nitrogens with zero attached hydrogens (tertiary/aromatic N) is 1. The summed E-state index contributed by atoms with van der Waals surface area (Å²) in [6.45, 7) is 5.67. The van der Waals surface area contributed by atoms with Gasteiger partial charge in [0.25, 0.3) is 0 Å². The molecule has 0 spiro atoms. The number of methoxy groups -OCH3 is 1. The number of phenolic OH excluding ortho intramolecular Hbond substituents is 1. The molecule has 2 heterocycles. The molecule has 8 heteroatoms. The van der Waals surface area contributed by atoms with Gasteiger partial charge in [0, 0.05) is 45.4 Å². The Morgan fingerprint density at radius 1 is 1.24 bits per heavy atom. The number of nitrogens with one attached hydrogen (secondary N) is 1. The number of hydrogen-bond acceptors (Lipinski definition) is 5. The van der Waals surface area contributed by atoms with E-state index >= 15 is 0 Å². The zero-order valence-corrected chi connectivity index (χ0v) is 16.8. The molecule has 0 aromatic heterocycles. The maximum atomic E-state index is 10.0. The lowest BCUT2D eigenvalue weighted by atomic mass is 9.85. The van der Waals surface area contributed by atoms with E-state index in [-0.39, 0.29) is 36.6 Å². The van der Waals surface area contributed by atoms with E-state index < -0.39 is 0 Å². The van der Waals surface area contributed by atoms with Gasteiger partial charge in [0.15, 0.2) is 11.5 Å². The van der Waals surface area contributed by atoms with Gasteiger partial charge in [-0.2, -0.15) is 0 Å². The molecule has 1 atom stereocenters. The van der Waals surface area contributed by atoms with Gasteiger partial charge in [-0.25, -0.2) is 0 Å². The summed E-state index contributed by atoms with van der Waals surface area (Å²) >= 11 is 6.23. The smallest absolute Gasteiger partial charge is 0.176 e. The summed E-state index contributed by atoms with van der Waals surface area (Å²) in [7, 11) is 1.56. The highest BCUT2D eigenvalue weighted by Gasteiger charge is 2.32. The number of rotatable bonds is 4. The minimum Gasteiger partial charge on any atom is -0.503 e. The van der Waals surface area contributed by atoms with E-state index in [2.05, 4.69) is 10.2 Å². The van der Waals surface area contributed by atoms with Gasteiger partial charge >= 0.3 is 0 Å². The first-order chi connectivity index (χ1) is 11.2. The summed E-state index contributed by atoms with van der Waals surface area (Å²) in [5.41, 5.74) is 1.12. The van der Waals surface area contributed by atoms with Crippen LogP contribution < -0.4 is 10.1 Å². The summed E-state index contributed by atoms with van der Waals surface area (Å²) in [5.74, 6) is 0.996. The number of benzene rings is 1. The average Bonchev–Trinajstić information content (AvgIpc) is 2.60. The number of phenols is 1. The Morgan fingerprint density at radius 2 is 1.88 bits per heavy atom. The predicted molar refractivity (Wildman–Crippen MR) is 105 cm³/mol. The first-order valence-electron chi connectivity index (χ1n) is 8.29. The number of hydrogen-bond donors (Lipinski definition) is 2. The molecule has 2 aliphatic rings. The Morgan fingerprint density at radius 3 is 2.48 bits per heavy atom. The lowest BCUT2D eigenvalue weighted by Gasteiger charge is -2.41. The SMILES string of the molecule is COc1cc([C@H](C2CCOCC2)N2CCNCC2)cc(Cl)c1O.Cl.Cl. The van der Waals surface area contributed by atoms with Crippen LogP contribution in [0, 0.1) is 5.92 Å². The molecule has 2 saturated heterocycles. The Balaban J connectivity index is 0.00000156. The van der Waals surface area contributed by atoms with Crippen molar-refractivity contribution in [2.45, 2.75) is 18.9 Å². The standard InChI is InChI=1S/C17H25ClN2O3.2ClH/c1-22-15-11-13(10-14(18)17(15)21)16(12-2-8-23-9-3-12)20-6-4-19-5-7-20;;/h10-12,16,19,21H,2-9H2,1H3;2*1H/t16-;;/m0../s1. The fourth-order valence-electron chi connectivity index (χ4n) is 3.69. The van der Waals surface area contributed by atoms with Gasteiger partial charge in [0.05, 0.1) is 12.1 Å². The number of halogens is 3. The van der Waals surface area contributed by atoms with Crippen molar-refractivity contribution in [3.05, 3.63) is 22.7 Å². The Hall–Kier alpha value is -0.430. The van der Waals surface area contributed by atoms with Crippen molar-refractivity contribution in [1.29, 1.82) is 0 Å². The minimum absolute atomic E-state index is 0. The Kier molecular flexibility index (Phi) is 9.64. The van der Waals surface area contributed by atoms with E-state index in [1.165, 1.54) is 0 Å². The second-order valence-electron chi connectivity index (χ2n) is 6.23. The number of aromatic hydroxyl groups is 1. The fourth-order valence-corrected chi connectivity index (χ4v) is 3.91. The van der Waals surface area contributed by atoms with Crippen molar-refractivity contribution >= 4 is 36.4 Å². The summed E-state index contributed by atoms with van der Waals surface area (Å²) in [6, 6.07) is 4.11. The van der Waals surface area contributed by atoms with Gasteiger partial charge in [0.1, 0.15) is 0 Å². The van der Waals surface area contributed by atoms with Gasteiger partial charge in [0.2, 0.25) is 0 Å². The van der Waals surface area contributed by atoms with E-state index in [1.807, 2.05) is 12.1 Å². The average molecular weight is 414 g/mol. The second kappa shape index (κ2) is 10.7. The van der Waals surface area contributed by atoms with E-state index in [0.717, 1.165) is 57.8 Å². The molecule has 0 unspecified atom stereocenters. The first kappa shape index (κ1) is 22.6. The van der Waals surface area contributed by atoms with Crippen molar-refractivity contribution in [3.8, 4) is 11.5 Å². The van der Waals surface area contributed by atoms with Crippen LogP contribution in [0.15, 0.2) is 12.1 Å². The predicted octanol–water partition coefficient (Wildman–Crippen LogP) is 3.27. The van der Waals surface area contributed by atoms with Crippen LogP contribution in [0.2, 0.25) is 5.02 Å². The van der Waals surface area contributed by atoms with Crippen molar-refractivity contribution in [2.75, 3.05) is 46.5 Å². The summed E-state index contributed by atoms with van der Waals surface area (Å²) < 4.78 is 10.8. The zero-order valence-electron chi connectivity index (χ0n) is 14.4. The molecule has 1 aromatic rings. The second-order valence-corrected chi connectivity index (χ2v) is 6.64. The monoisotopic (exact) mass is 412 g/mol. The largest absolute Gasteiger partial charge is 0.503 e. The molecule has 1 aromatic carbocycles. The third-order valence-electron chi connectivity index (χ3n) is 4.87. The molecule has 0 aliphatic carbocycles. The molecule has 0 amide bonds. The van der Waals surface area contributed by atoms with Crippen LogP contribution in [0.4, 0.5) is 0 Å². The van der Waals surface area contributed by atoms with Crippen LogP contribution in [0.5, 0.6) is 11.5 Å². The number of ether oxygens (including phenoxy) is 2. The maximum absolute atomic E-state index is 10.0. The van der Waals surface area contributed by atoms with Gasteiger partial charge in [-0.3, -0.25) is 4.90 Å². The molecule has 5 nitrogen and oxygen atoms in total. The highest BCUT2D eigenvalue weighted by molar-refractivity contribution is 6.32. The Labute approximate surface area is 166 Å². The van der Waals surface area contributed by atoms with Crippen LogP contribution in [-0.2, 0) is 4.74 Å². The quantitative estimate of drug-likeness (QED) is 0.793. The van der Waals surface area contributed by atoms with Crippen LogP contribution in [-0.4, -0.2) is 56.5 Å². The van der Waals surface area contributed by atoms with Gasteiger partial charge in [-0.1, -0.05) is 11.6 Å². The van der Waals surface area contributed by atoms with Crippen molar-refractivity contribution < 1.29 is 14.6 Å². The van der Waals surface area contributed by atoms with E-state index in [9.17, 15) is 5.11 Å². The van der Waals surface area contributed by atoms with Gasteiger partial charge in [-0.15, -0.1) is 24.8 Å². The fraction of sp³-hybridized carbons (Fsp3) is 0.647. The molecule has 2 N–H and O–H groups in total. The highest BCUT2D eigenvalue weighted by Crippen LogP contribution is 2.42. The normalized spacial score (nSPS) is 20.2. The lowest BCUT2D eigenvalue weighted by Crippen LogP contribution is -2.47. The van der Waals surface area contributed by atoms with Crippen LogP contribution in [0.3, 0.4) is 0 Å². The molecule has 0 saturated carbocycles.